The highest BCUT2D eigenvalue weighted by Crippen LogP contribution is 2.09. The van der Waals surface area contributed by atoms with Crippen LogP contribution in [0.2, 0.25) is 0 Å². The van der Waals surface area contributed by atoms with Crippen molar-refractivity contribution in [2.45, 2.75) is 13.3 Å². The second kappa shape index (κ2) is 7.97. The van der Waals surface area contributed by atoms with Gasteiger partial charge in [0.05, 0.1) is 18.2 Å². The molecule has 0 saturated heterocycles. The van der Waals surface area contributed by atoms with Crippen LogP contribution < -0.4 is 11.1 Å². The number of nitrogens with two attached hydrogens (primary N) is 1. The molecule has 0 bridgehead atoms. The van der Waals surface area contributed by atoms with E-state index in [1.807, 2.05) is 6.92 Å². The Kier molecular flexibility index (Phi) is 6.56. The first-order chi connectivity index (χ1) is 8.63. The molecule has 1 aromatic heterocycles. The first-order valence-corrected chi connectivity index (χ1v) is 6.66. The van der Waals surface area contributed by atoms with E-state index >= 15 is 0 Å². The van der Waals surface area contributed by atoms with Crippen LogP contribution in [0.25, 0.3) is 0 Å². The van der Waals surface area contributed by atoms with Crippen molar-refractivity contribution in [3.8, 4) is 0 Å². The average molecular weight is 269 g/mol. The topological polar surface area (TPSA) is 77.2 Å². The second-order valence-electron chi connectivity index (χ2n) is 3.93. The lowest BCUT2D eigenvalue weighted by Gasteiger charge is -2.04. The lowest BCUT2D eigenvalue weighted by Crippen LogP contribution is -2.27. The SMILES string of the molecule is C=C(C)COCCNC(=O)c1csc(CCN)n1. The number of carbonyl (C=O) groups is 1. The highest BCUT2D eigenvalue weighted by atomic mass is 32.1. The molecule has 0 aliphatic carbocycles. The molecule has 0 atom stereocenters. The molecule has 0 fully saturated rings. The number of aromatic nitrogens is 1. The van der Waals surface area contributed by atoms with E-state index < -0.39 is 0 Å². The number of hydrogen-bond donors (Lipinski definition) is 2. The van der Waals surface area contributed by atoms with Crippen molar-refractivity contribution in [2.75, 3.05) is 26.3 Å². The minimum absolute atomic E-state index is 0.173. The summed E-state index contributed by atoms with van der Waals surface area (Å²) in [7, 11) is 0. The molecule has 0 spiro atoms. The number of hydrogen-bond acceptors (Lipinski definition) is 5. The Hall–Kier alpha value is -1.24. The van der Waals surface area contributed by atoms with Gasteiger partial charge in [0.1, 0.15) is 5.69 Å². The van der Waals surface area contributed by atoms with Gasteiger partial charge in [0.15, 0.2) is 0 Å². The molecule has 0 radical (unpaired) electrons. The number of amides is 1. The van der Waals surface area contributed by atoms with E-state index in [0.717, 1.165) is 10.6 Å². The fraction of sp³-hybridized carbons (Fsp3) is 0.500. The fourth-order valence-corrected chi connectivity index (χ4v) is 2.02. The monoisotopic (exact) mass is 269 g/mol. The highest BCUT2D eigenvalue weighted by Gasteiger charge is 2.09. The zero-order chi connectivity index (χ0) is 13.4. The maximum atomic E-state index is 11.7. The fourth-order valence-electron chi connectivity index (χ4n) is 1.23. The van der Waals surface area contributed by atoms with Crippen LogP contribution in [0.3, 0.4) is 0 Å². The molecule has 0 aliphatic rings. The molecule has 1 rings (SSSR count). The molecule has 5 nitrogen and oxygen atoms in total. The van der Waals surface area contributed by atoms with Gasteiger partial charge in [-0.2, -0.15) is 0 Å². The van der Waals surface area contributed by atoms with Crippen molar-refractivity contribution < 1.29 is 9.53 Å². The summed E-state index contributed by atoms with van der Waals surface area (Å²) in [5.74, 6) is -0.173. The molecule has 0 aliphatic heterocycles. The first-order valence-electron chi connectivity index (χ1n) is 5.78. The number of carbonyl (C=O) groups excluding carboxylic acids is 1. The van der Waals surface area contributed by atoms with Gasteiger partial charge in [-0.15, -0.1) is 11.3 Å². The van der Waals surface area contributed by atoms with Gasteiger partial charge in [-0.25, -0.2) is 4.98 Å². The van der Waals surface area contributed by atoms with E-state index in [2.05, 4.69) is 16.9 Å². The Balaban J connectivity index is 2.25. The van der Waals surface area contributed by atoms with Gasteiger partial charge in [-0.05, 0) is 13.5 Å². The third-order valence-electron chi connectivity index (χ3n) is 2.02. The molecular formula is C12H19N3O2S. The summed E-state index contributed by atoms with van der Waals surface area (Å²) >= 11 is 1.46. The number of nitrogens with one attached hydrogen (secondary N) is 1. The van der Waals surface area contributed by atoms with Crippen LogP contribution >= 0.6 is 11.3 Å². The summed E-state index contributed by atoms with van der Waals surface area (Å²) in [6.45, 7) is 7.62. The summed E-state index contributed by atoms with van der Waals surface area (Å²) in [4.78, 5) is 15.9. The Morgan fingerprint density at radius 3 is 3.11 bits per heavy atom. The first kappa shape index (κ1) is 14.8. The zero-order valence-electron chi connectivity index (χ0n) is 10.6. The van der Waals surface area contributed by atoms with Crippen LogP contribution in [0.5, 0.6) is 0 Å². The van der Waals surface area contributed by atoms with Crippen LogP contribution in [0.1, 0.15) is 22.4 Å². The summed E-state index contributed by atoms with van der Waals surface area (Å²) in [6, 6.07) is 0. The van der Waals surface area contributed by atoms with Crippen LogP contribution in [0.4, 0.5) is 0 Å². The smallest absolute Gasteiger partial charge is 0.270 e. The molecule has 1 aromatic rings. The highest BCUT2D eigenvalue weighted by molar-refractivity contribution is 7.09. The molecule has 18 heavy (non-hydrogen) atoms. The van der Waals surface area contributed by atoms with Crippen LogP contribution in [0.15, 0.2) is 17.5 Å². The molecule has 3 N–H and O–H groups in total. The zero-order valence-corrected chi connectivity index (χ0v) is 11.4. The van der Waals surface area contributed by atoms with Gasteiger partial charge < -0.3 is 15.8 Å². The van der Waals surface area contributed by atoms with Crippen molar-refractivity contribution >= 4 is 17.2 Å². The van der Waals surface area contributed by atoms with Gasteiger partial charge in [-0.3, -0.25) is 4.79 Å². The Morgan fingerprint density at radius 1 is 1.67 bits per heavy atom. The van der Waals surface area contributed by atoms with Gasteiger partial charge in [0, 0.05) is 18.3 Å². The summed E-state index contributed by atoms with van der Waals surface area (Å²) in [5.41, 5.74) is 6.84. The predicted molar refractivity (Wildman–Crippen MR) is 72.8 cm³/mol. The molecule has 1 heterocycles. The van der Waals surface area contributed by atoms with E-state index in [1.54, 1.807) is 5.38 Å². The van der Waals surface area contributed by atoms with Gasteiger partial charge in [-0.1, -0.05) is 12.2 Å². The summed E-state index contributed by atoms with van der Waals surface area (Å²) in [5, 5.41) is 5.38. The number of rotatable bonds is 8. The maximum absolute atomic E-state index is 11.7. The van der Waals surface area contributed by atoms with Crippen molar-refractivity contribution in [3.05, 3.63) is 28.2 Å². The molecule has 0 saturated carbocycles. The second-order valence-corrected chi connectivity index (χ2v) is 4.87. The Labute approximate surface area is 111 Å². The largest absolute Gasteiger partial charge is 0.375 e. The molecule has 0 unspecified atom stereocenters. The van der Waals surface area contributed by atoms with E-state index in [0.29, 0.717) is 38.4 Å². The molecular weight excluding hydrogens is 250 g/mol. The van der Waals surface area contributed by atoms with Crippen molar-refractivity contribution in [1.82, 2.24) is 10.3 Å². The lowest BCUT2D eigenvalue weighted by molar-refractivity contribution is 0.0922. The average Bonchev–Trinajstić information content (AvgIpc) is 2.77. The third kappa shape index (κ3) is 5.39. The standard InChI is InChI=1S/C12H19N3O2S/c1-9(2)7-17-6-5-14-12(16)10-8-18-11(15-10)3-4-13/h8H,1,3-7,13H2,2H3,(H,14,16). The lowest BCUT2D eigenvalue weighted by atomic mass is 10.4. The van der Waals surface area contributed by atoms with Crippen molar-refractivity contribution in [3.63, 3.8) is 0 Å². The van der Waals surface area contributed by atoms with Crippen LogP contribution in [-0.2, 0) is 11.2 Å². The van der Waals surface area contributed by atoms with E-state index in [-0.39, 0.29) is 5.91 Å². The normalized spacial score (nSPS) is 10.3. The molecule has 6 heteroatoms. The summed E-state index contributed by atoms with van der Waals surface area (Å²) in [6.07, 6.45) is 0.708. The maximum Gasteiger partial charge on any atom is 0.270 e. The van der Waals surface area contributed by atoms with Crippen molar-refractivity contribution in [1.29, 1.82) is 0 Å². The molecule has 1 amide bonds. The number of nitrogens with zero attached hydrogens (tertiary/aromatic N) is 1. The van der Waals surface area contributed by atoms with E-state index in [4.69, 9.17) is 10.5 Å². The molecule has 100 valence electrons. The van der Waals surface area contributed by atoms with Gasteiger partial charge in [0.25, 0.3) is 5.91 Å². The Bertz CT molecular complexity index is 404. The van der Waals surface area contributed by atoms with Crippen LogP contribution in [-0.4, -0.2) is 37.2 Å². The van der Waals surface area contributed by atoms with Crippen LogP contribution in [0, 0.1) is 0 Å². The summed E-state index contributed by atoms with van der Waals surface area (Å²) < 4.78 is 5.28. The van der Waals surface area contributed by atoms with Gasteiger partial charge in [0.2, 0.25) is 0 Å². The minimum atomic E-state index is -0.173. The number of thiazole rings is 1. The minimum Gasteiger partial charge on any atom is -0.375 e. The third-order valence-corrected chi connectivity index (χ3v) is 2.93. The van der Waals surface area contributed by atoms with E-state index in [1.165, 1.54) is 11.3 Å². The van der Waals surface area contributed by atoms with Crippen molar-refractivity contribution in [2.24, 2.45) is 5.73 Å². The van der Waals surface area contributed by atoms with Gasteiger partial charge >= 0.3 is 0 Å². The Morgan fingerprint density at radius 2 is 2.44 bits per heavy atom. The number of ether oxygens (including phenoxy) is 1. The van der Waals surface area contributed by atoms with E-state index in [9.17, 15) is 4.79 Å². The molecule has 0 aromatic carbocycles. The quantitative estimate of drug-likeness (QED) is 0.544. The predicted octanol–water partition coefficient (Wildman–Crippen LogP) is 0.967.